The second kappa shape index (κ2) is 9.07. The number of halogens is 1. The molecule has 1 aliphatic rings. The minimum atomic E-state index is 0.110. The Kier molecular flexibility index (Phi) is 6.54. The normalized spacial score (nSPS) is 16.5. The molecule has 0 unspecified atom stereocenters. The predicted molar refractivity (Wildman–Crippen MR) is 99.8 cm³/mol. The van der Waals surface area contributed by atoms with Crippen LogP contribution >= 0.6 is 11.6 Å². The maximum Gasteiger partial charge on any atom is 0.220 e. The van der Waals surface area contributed by atoms with E-state index in [0.717, 1.165) is 44.7 Å². The molecule has 2 heterocycles. The molecule has 1 aliphatic heterocycles. The third kappa shape index (κ3) is 5.62. The number of nitrogens with one attached hydrogen (secondary N) is 1. The summed E-state index contributed by atoms with van der Waals surface area (Å²) >= 11 is 6.01. The summed E-state index contributed by atoms with van der Waals surface area (Å²) in [5.41, 5.74) is 1.14. The van der Waals surface area contributed by atoms with Gasteiger partial charge in [-0.1, -0.05) is 23.7 Å². The Morgan fingerprint density at radius 3 is 2.56 bits per heavy atom. The van der Waals surface area contributed by atoms with E-state index in [2.05, 4.69) is 9.88 Å². The summed E-state index contributed by atoms with van der Waals surface area (Å²) in [6, 6.07) is 11.8. The average Bonchev–Trinajstić information content (AvgIpc) is 3.14. The van der Waals surface area contributed by atoms with Gasteiger partial charge in [0.2, 0.25) is 5.91 Å². The van der Waals surface area contributed by atoms with E-state index in [1.807, 2.05) is 48.8 Å². The number of benzene rings is 1. The topological polar surface area (TPSA) is 43.3 Å². The summed E-state index contributed by atoms with van der Waals surface area (Å²) < 4.78 is 7.49. The monoisotopic (exact) mass is 360 g/mol. The van der Waals surface area contributed by atoms with E-state index in [0.29, 0.717) is 17.4 Å². The first-order valence-electron chi connectivity index (χ1n) is 8.91. The summed E-state index contributed by atoms with van der Waals surface area (Å²) in [5, 5.41) is 3.83. The van der Waals surface area contributed by atoms with Crippen LogP contribution in [0.4, 0.5) is 0 Å². The van der Waals surface area contributed by atoms with Gasteiger partial charge < -0.3 is 14.6 Å². The molecule has 0 radical (unpaired) electrons. The van der Waals surface area contributed by atoms with Gasteiger partial charge in [0.1, 0.15) is 0 Å². The van der Waals surface area contributed by atoms with Crippen molar-refractivity contribution in [1.29, 1.82) is 0 Å². The molecule has 3 rings (SSSR count). The Morgan fingerprint density at radius 2 is 1.88 bits per heavy atom. The van der Waals surface area contributed by atoms with Crippen LogP contribution in [0.1, 0.15) is 30.7 Å². The highest BCUT2D eigenvalue weighted by Gasteiger charge is 2.19. The molecule has 1 N–H and O–H groups in total. The third-order valence-electron chi connectivity index (χ3n) is 4.80. The van der Waals surface area contributed by atoms with Crippen molar-refractivity contribution in [2.24, 2.45) is 5.92 Å². The van der Waals surface area contributed by atoms with E-state index >= 15 is 0 Å². The number of rotatable bonds is 7. The number of hydrogen-bond acceptors (Lipinski definition) is 2. The fraction of sp³-hybridized carbons (Fsp3) is 0.450. The van der Waals surface area contributed by atoms with E-state index in [-0.39, 0.29) is 11.8 Å². The quantitative estimate of drug-likeness (QED) is 0.814. The van der Waals surface area contributed by atoms with Crippen LogP contribution in [-0.2, 0) is 16.1 Å². The number of carbonyl (C=O) groups is 1. The summed E-state index contributed by atoms with van der Waals surface area (Å²) in [6.45, 7) is 3.14. The Balaban J connectivity index is 1.60. The van der Waals surface area contributed by atoms with Crippen LogP contribution < -0.4 is 5.32 Å². The van der Waals surface area contributed by atoms with Gasteiger partial charge in [0.15, 0.2) is 0 Å². The molecule has 2 aromatic rings. The smallest absolute Gasteiger partial charge is 0.220 e. The number of aromatic nitrogens is 1. The first-order chi connectivity index (χ1) is 12.2. The summed E-state index contributed by atoms with van der Waals surface area (Å²) in [5.74, 6) is 0.772. The van der Waals surface area contributed by atoms with Gasteiger partial charge in [-0.15, -0.1) is 0 Å². The summed E-state index contributed by atoms with van der Waals surface area (Å²) in [7, 11) is 0. The second-order valence-corrected chi connectivity index (χ2v) is 7.13. The van der Waals surface area contributed by atoms with Gasteiger partial charge in [-0.2, -0.15) is 0 Å². The highest BCUT2D eigenvalue weighted by Crippen LogP contribution is 2.24. The number of hydrogen-bond donors (Lipinski definition) is 1. The molecule has 0 saturated carbocycles. The average molecular weight is 361 g/mol. The van der Waals surface area contributed by atoms with Gasteiger partial charge >= 0.3 is 0 Å². The first-order valence-corrected chi connectivity index (χ1v) is 9.29. The molecule has 4 nitrogen and oxygen atoms in total. The van der Waals surface area contributed by atoms with Gasteiger partial charge in [0, 0.05) is 56.1 Å². The van der Waals surface area contributed by atoms with Crippen molar-refractivity contribution in [3.8, 4) is 0 Å². The number of nitrogens with zero attached hydrogens (tertiary/aromatic N) is 1. The number of amides is 1. The number of carbonyl (C=O) groups excluding carboxylic acids is 1. The Labute approximate surface area is 154 Å². The molecule has 0 bridgehead atoms. The van der Waals surface area contributed by atoms with Crippen molar-refractivity contribution in [2.75, 3.05) is 19.8 Å². The van der Waals surface area contributed by atoms with E-state index in [4.69, 9.17) is 16.3 Å². The van der Waals surface area contributed by atoms with Crippen LogP contribution in [0, 0.1) is 5.92 Å². The molecule has 1 amide bonds. The highest BCUT2D eigenvalue weighted by molar-refractivity contribution is 6.30. The molecule has 1 saturated heterocycles. The van der Waals surface area contributed by atoms with E-state index < -0.39 is 0 Å². The van der Waals surface area contributed by atoms with Crippen LogP contribution in [0.3, 0.4) is 0 Å². The zero-order valence-electron chi connectivity index (χ0n) is 14.4. The van der Waals surface area contributed by atoms with Crippen LogP contribution in [-0.4, -0.2) is 30.2 Å². The van der Waals surface area contributed by atoms with Crippen molar-refractivity contribution in [2.45, 2.75) is 31.7 Å². The molecule has 0 spiro atoms. The van der Waals surface area contributed by atoms with Crippen LogP contribution in [0.2, 0.25) is 5.02 Å². The largest absolute Gasteiger partial charge is 0.381 e. The first kappa shape index (κ1) is 18.0. The van der Waals surface area contributed by atoms with Crippen molar-refractivity contribution in [3.63, 3.8) is 0 Å². The fourth-order valence-corrected chi connectivity index (χ4v) is 3.40. The maximum atomic E-state index is 12.5. The van der Waals surface area contributed by atoms with Gasteiger partial charge in [-0.25, -0.2) is 0 Å². The second-order valence-electron chi connectivity index (χ2n) is 6.69. The molecule has 0 aliphatic carbocycles. The summed E-state index contributed by atoms with van der Waals surface area (Å²) in [4.78, 5) is 12.5. The van der Waals surface area contributed by atoms with Gasteiger partial charge in [0.25, 0.3) is 0 Å². The molecule has 1 atom stereocenters. The number of ether oxygens (including phenoxy) is 1. The molecular formula is C20H25ClN2O2. The SMILES string of the molecule is O=C(C[C@H](Cn1cccc1)c1ccc(Cl)cc1)NCC1CCOCC1. The standard InChI is InChI=1S/C20H25ClN2O2/c21-19-5-3-17(4-6-19)18(15-23-9-1-2-10-23)13-20(24)22-14-16-7-11-25-12-8-16/h1-6,9-10,16,18H,7-8,11-15H2,(H,22,24)/t18-/m1/s1. The Hall–Kier alpha value is -1.78. The minimum absolute atomic E-state index is 0.110. The lowest BCUT2D eigenvalue weighted by Gasteiger charge is -2.23. The van der Waals surface area contributed by atoms with Crippen molar-refractivity contribution in [3.05, 3.63) is 59.4 Å². The molecule has 1 aromatic heterocycles. The highest BCUT2D eigenvalue weighted by atomic mass is 35.5. The van der Waals surface area contributed by atoms with Crippen LogP contribution in [0.15, 0.2) is 48.8 Å². The third-order valence-corrected chi connectivity index (χ3v) is 5.05. The molecule has 25 heavy (non-hydrogen) atoms. The maximum absolute atomic E-state index is 12.5. The van der Waals surface area contributed by atoms with E-state index in [1.54, 1.807) is 0 Å². The van der Waals surface area contributed by atoms with E-state index in [9.17, 15) is 4.79 Å². The molecular weight excluding hydrogens is 336 g/mol. The molecule has 1 fully saturated rings. The zero-order chi connectivity index (χ0) is 17.5. The lowest BCUT2D eigenvalue weighted by Crippen LogP contribution is -2.33. The zero-order valence-corrected chi connectivity index (χ0v) is 15.1. The van der Waals surface area contributed by atoms with Crippen molar-refractivity contribution >= 4 is 17.5 Å². The Bertz CT molecular complexity index is 649. The lowest BCUT2D eigenvalue weighted by atomic mass is 9.94. The van der Waals surface area contributed by atoms with Crippen molar-refractivity contribution in [1.82, 2.24) is 9.88 Å². The van der Waals surface area contributed by atoms with Gasteiger partial charge in [0.05, 0.1) is 0 Å². The van der Waals surface area contributed by atoms with Gasteiger partial charge in [-0.3, -0.25) is 4.79 Å². The van der Waals surface area contributed by atoms with E-state index in [1.165, 1.54) is 0 Å². The fourth-order valence-electron chi connectivity index (χ4n) is 3.27. The minimum Gasteiger partial charge on any atom is -0.381 e. The summed E-state index contributed by atoms with van der Waals surface area (Å²) in [6.07, 6.45) is 6.60. The van der Waals surface area contributed by atoms with Crippen LogP contribution in [0.5, 0.6) is 0 Å². The van der Waals surface area contributed by atoms with Gasteiger partial charge in [-0.05, 0) is 48.6 Å². The Morgan fingerprint density at radius 1 is 1.20 bits per heavy atom. The molecule has 5 heteroatoms. The molecule has 134 valence electrons. The lowest BCUT2D eigenvalue weighted by molar-refractivity contribution is -0.121. The predicted octanol–water partition coefficient (Wildman–Crippen LogP) is 3.86. The molecule has 1 aromatic carbocycles. The van der Waals surface area contributed by atoms with Crippen LogP contribution in [0.25, 0.3) is 0 Å². The van der Waals surface area contributed by atoms with Crippen molar-refractivity contribution < 1.29 is 9.53 Å².